The van der Waals surface area contributed by atoms with E-state index in [0.29, 0.717) is 13.1 Å². The lowest BCUT2D eigenvalue weighted by atomic mass is 9.99. The van der Waals surface area contributed by atoms with Gasteiger partial charge in [-0.05, 0) is 45.5 Å². The topological polar surface area (TPSA) is 64.9 Å². The Morgan fingerprint density at radius 3 is 2.47 bits per heavy atom. The highest BCUT2D eigenvalue weighted by atomic mass is 16.5. The highest BCUT2D eigenvalue weighted by molar-refractivity contribution is 5.76. The van der Waals surface area contributed by atoms with E-state index in [9.17, 15) is 4.79 Å². The summed E-state index contributed by atoms with van der Waals surface area (Å²) in [6, 6.07) is 18.6. The van der Waals surface area contributed by atoms with Crippen molar-refractivity contribution in [3.8, 4) is 11.3 Å². The molecule has 1 aliphatic heterocycles. The monoisotopic (exact) mass is 461 g/mol. The predicted molar refractivity (Wildman–Crippen MR) is 136 cm³/mol. The lowest BCUT2D eigenvalue weighted by molar-refractivity contribution is 0.186. The van der Waals surface area contributed by atoms with Crippen LogP contribution in [0.1, 0.15) is 30.5 Å². The first-order valence-corrected chi connectivity index (χ1v) is 12.0. The molecule has 0 atom stereocenters. The lowest BCUT2D eigenvalue weighted by Crippen LogP contribution is -2.45. The van der Waals surface area contributed by atoms with Crippen molar-refractivity contribution in [3.63, 3.8) is 0 Å². The molecule has 34 heavy (non-hydrogen) atoms. The Morgan fingerprint density at radius 2 is 1.76 bits per heavy atom. The van der Waals surface area contributed by atoms with Gasteiger partial charge in [0.2, 0.25) is 5.88 Å². The Bertz CT molecular complexity index is 1090. The van der Waals surface area contributed by atoms with E-state index in [0.717, 1.165) is 48.8 Å². The molecule has 0 bridgehead atoms. The zero-order valence-electron chi connectivity index (χ0n) is 20.6. The second-order valence-electron chi connectivity index (χ2n) is 9.45. The van der Waals surface area contributed by atoms with Crippen molar-refractivity contribution in [2.24, 2.45) is 0 Å². The maximum absolute atomic E-state index is 13.1. The molecular weight excluding hydrogens is 426 g/mol. The number of benzene rings is 2. The van der Waals surface area contributed by atoms with Gasteiger partial charge in [0.25, 0.3) is 0 Å². The fourth-order valence-electron chi connectivity index (χ4n) is 4.29. The first-order chi connectivity index (χ1) is 16.4. The molecule has 3 aromatic rings. The van der Waals surface area contributed by atoms with Crippen LogP contribution >= 0.6 is 0 Å². The van der Waals surface area contributed by atoms with Crippen LogP contribution in [-0.4, -0.2) is 60.8 Å². The number of hydrogen-bond acceptors (Lipinski definition) is 5. The Hall–Kier alpha value is -3.32. The summed E-state index contributed by atoms with van der Waals surface area (Å²) in [5.74, 6) is 0.751. The molecule has 2 amide bonds. The zero-order valence-corrected chi connectivity index (χ0v) is 20.6. The molecular formula is C27H35N5O2. The van der Waals surface area contributed by atoms with Crippen LogP contribution in [0.3, 0.4) is 0 Å². The molecule has 2 heterocycles. The first-order valence-electron chi connectivity index (χ1n) is 12.0. The number of fused-ring (bicyclic) bond motifs is 1. The van der Waals surface area contributed by atoms with Crippen LogP contribution < -0.4 is 10.2 Å². The van der Waals surface area contributed by atoms with Gasteiger partial charge in [0, 0.05) is 37.8 Å². The number of rotatable bonds is 8. The molecule has 1 aromatic heterocycles. The number of nitrogens with zero attached hydrogens (tertiary/aromatic N) is 4. The fourth-order valence-corrected chi connectivity index (χ4v) is 4.29. The minimum Gasteiger partial charge on any atom is -0.338 e. The van der Waals surface area contributed by atoms with E-state index in [1.807, 2.05) is 63.2 Å². The number of anilines is 1. The van der Waals surface area contributed by atoms with Crippen molar-refractivity contribution in [2.75, 3.05) is 38.6 Å². The van der Waals surface area contributed by atoms with Crippen molar-refractivity contribution in [2.45, 2.75) is 39.4 Å². The molecule has 0 spiro atoms. The molecule has 0 aliphatic carbocycles. The number of aromatic nitrogens is 1. The number of carbonyl (C=O) groups is 1. The highest BCUT2D eigenvalue weighted by Gasteiger charge is 2.28. The summed E-state index contributed by atoms with van der Waals surface area (Å²) in [6.45, 7) is 7.37. The van der Waals surface area contributed by atoms with E-state index in [1.165, 1.54) is 11.1 Å². The molecule has 0 saturated heterocycles. The van der Waals surface area contributed by atoms with Crippen molar-refractivity contribution in [1.29, 1.82) is 0 Å². The molecule has 0 fully saturated rings. The van der Waals surface area contributed by atoms with Gasteiger partial charge in [-0.3, -0.25) is 0 Å². The number of hydrogen-bond donors (Lipinski definition) is 1. The molecule has 2 aromatic carbocycles. The standard InChI is InChI=1S/C27H35N5O2/c1-20(2)28-27(33)32(17-16-30(3)4)19-24-25(22-11-6-5-7-12-22)29-34-26(24)31-15-14-21-10-8-9-13-23(21)18-31/h5-13,20H,14-19H2,1-4H3,(H,28,33). The number of likely N-dealkylation sites (N-methyl/N-ethyl adjacent to an activating group) is 1. The maximum atomic E-state index is 13.1. The van der Waals surface area contributed by atoms with Gasteiger partial charge >= 0.3 is 6.03 Å². The van der Waals surface area contributed by atoms with Gasteiger partial charge in [-0.2, -0.15) is 0 Å². The summed E-state index contributed by atoms with van der Waals surface area (Å²) in [6.07, 6.45) is 0.954. The number of carbonyl (C=O) groups excluding carboxylic acids is 1. The largest absolute Gasteiger partial charge is 0.338 e. The average molecular weight is 462 g/mol. The third kappa shape index (κ3) is 5.59. The average Bonchev–Trinajstić information content (AvgIpc) is 3.24. The Morgan fingerprint density at radius 1 is 1.06 bits per heavy atom. The second-order valence-corrected chi connectivity index (χ2v) is 9.45. The van der Waals surface area contributed by atoms with Gasteiger partial charge in [0.1, 0.15) is 5.69 Å². The summed E-state index contributed by atoms with van der Waals surface area (Å²) in [5, 5.41) is 7.55. The van der Waals surface area contributed by atoms with E-state index in [-0.39, 0.29) is 12.1 Å². The normalized spacial score (nSPS) is 13.3. The van der Waals surface area contributed by atoms with Gasteiger partial charge in [-0.1, -0.05) is 59.8 Å². The van der Waals surface area contributed by atoms with Crippen LogP contribution in [0.4, 0.5) is 10.7 Å². The fraction of sp³-hybridized carbons (Fsp3) is 0.407. The lowest BCUT2D eigenvalue weighted by Gasteiger charge is -2.30. The van der Waals surface area contributed by atoms with Crippen LogP contribution in [0.15, 0.2) is 59.1 Å². The molecule has 180 valence electrons. The van der Waals surface area contributed by atoms with Crippen LogP contribution in [0.2, 0.25) is 0 Å². The van der Waals surface area contributed by atoms with Gasteiger partial charge in [0.05, 0.1) is 12.1 Å². The van der Waals surface area contributed by atoms with Gasteiger partial charge in [-0.25, -0.2) is 4.79 Å². The quantitative estimate of drug-likeness (QED) is 0.539. The summed E-state index contributed by atoms with van der Waals surface area (Å²) in [5.41, 5.74) is 5.41. The summed E-state index contributed by atoms with van der Waals surface area (Å²) in [7, 11) is 4.04. The van der Waals surface area contributed by atoms with Gasteiger partial charge in [0.15, 0.2) is 0 Å². The van der Waals surface area contributed by atoms with Gasteiger partial charge in [-0.15, -0.1) is 0 Å². The van der Waals surface area contributed by atoms with E-state index in [2.05, 4.69) is 44.5 Å². The van der Waals surface area contributed by atoms with Crippen molar-refractivity contribution in [1.82, 2.24) is 20.3 Å². The van der Waals surface area contributed by atoms with Crippen LogP contribution in [0, 0.1) is 0 Å². The van der Waals surface area contributed by atoms with Crippen LogP contribution in [0.5, 0.6) is 0 Å². The molecule has 1 aliphatic rings. The van der Waals surface area contributed by atoms with Crippen molar-refractivity contribution < 1.29 is 9.32 Å². The SMILES string of the molecule is CC(C)NC(=O)N(CCN(C)C)Cc1c(-c2ccccc2)noc1N1CCc2ccccc2C1. The molecule has 7 nitrogen and oxygen atoms in total. The Balaban J connectivity index is 1.69. The Kier molecular flexibility index (Phi) is 7.53. The van der Waals surface area contributed by atoms with E-state index in [1.54, 1.807) is 0 Å². The molecule has 7 heteroatoms. The summed E-state index contributed by atoms with van der Waals surface area (Å²) in [4.78, 5) is 19.3. The molecule has 0 unspecified atom stereocenters. The predicted octanol–water partition coefficient (Wildman–Crippen LogP) is 4.39. The number of nitrogens with one attached hydrogen (secondary N) is 1. The van der Waals surface area contributed by atoms with E-state index < -0.39 is 0 Å². The minimum absolute atomic E-state index is 0.0588. The second kappa shape index (κ2) is 10.7. The third-order valence-corrected chi connectivity index (χ3v) is 6.10. The third-order valence-electron chi connectivity index (χ3n) is 6.10. The summed E-state index contributed by atoms with van der Waals surface area (Å²) < 4.78 is 6.00. The summed E-state index contributed by atoms with van der Waals surface area (Å²) >= 11 is 0. The van der Waals surface area contributed by atoms with E-state index in [4.69, 9.17) is 4.52 Å². The Labute approximate surface area is 202 Å². The molecule has 4 rings (SSSR count). The molecule has 0 saturated carbocycles. The smallest absolute Gasteiger partial charge is 0.317 e. The first kappa shape index (κ1) is 23.8. The van der Waals surface area contributed by atoms with Crippen molar-refractivity contribution in [3.05, 3.63) is 71.3 Å². The number of amides is 2. The molecule has 1 N–H and O–H groups in total. The van der Waals surface area contributed by atoms with Crippen LogP contribution in [-0.2, 0) is 19.5 Å². The highest BCUT2D eigenvalue weighted by Crippen LogP contribution is 2.35. The zero-order chi connectivity index (χ0) is 24.1. The number of urea groups is 1. The molecule has 0 radical (unpaired) electrons. The van der Waals surface area contributed by atoms with E-state index >= 15 is 0 Å². The van der Waals surface area contributed by atoms with Gasteiger partial charge < -0.3 is 24.5 Å². The minimum atomic E-state index is -0.0769. The van der Waals surface area contributed by atoms with Crippen molar-refractivity contribution >= 4 is 11.9 Å². The van der Waals surface area contributed by atoms with Crippen LogP contribution in [0.25, 0.3) is 11.3 Å². The maximum Gasteiger partial charge on any atom is 0.317 e.